The summed E-state index contributed by atoms with van der Waals surface area (Å²) in [5.41, 5.74) is 3.21. The van der Waals surface area contributed by atoms with E-state index in [1.54, 1.807) is 28.4 Å². The first kappa shape index (κ1) is 22.9. The third kappa shape index (κ3) is 6.50. The Morgan fingerprint density at radius 1 is 0.926 bits per heavy atom. The Hall–Kier alpha value is -2.16. The maximum absolute atomic E-state index is 5.38. The Bertz CT molecular complexity index is 766. The van der Waals surface area contributed by atoms with Crippen LogP contribution in [-0.4, -0.2) is 40.9 Å². The summed E-state index contributed by atoms with van der Waals surface area (Å²) in [5, 5.41) is 6.56. The van der Waals surface area contributed by atoms with E-state index < -0.39 is 0 Å². The van der Waals surface area contributed by atoms with Crippen molar-refractivity contribution in [2.75, 3.05) is 40.2 Å². The maximum atomic E-state index is 5.38. The lowest BCUT2D eigenvalue weighted by Gasteiger charge is -2.14. The summed E-state index contributed by atoms with van der Waals surface area (Å²) in [7, 11) is 6.67. The molecule has 0 bridgehead atoms. The van der Waals surface area contributed by atoms with E-state index in [2.05, 4.69) is 33.8 Å². The van der Waals surface area contributed by atoms with Crippen molar-refractivity contribution in [1.82, 2.24) is 5.32 Å². The molecule has 6 nitrogen and oxygen atoms in total. The number of ether oxygens (including phenoxy) is 3. The van der Waals surface area contributed by atoms with Crippen molar-refractivity contribution in [3.8, 4) is 17.2 Å². The molecule has 0 spiro atoms. The van der Waals surface area contributed by atoms with Crippen LogP contribution in [0.3, 0.4) is 0 Å². The molecule has 2 N–H and O–H groups in total. The second-order valence-electron chi connectivity index (χ2n) is 5.75. The average Bonchev–Trinajstić information content (AvgIpc) is 2.68. The van der Waals surface area contributed by atoms with Crippen LogP contribution < -0.4 is 24.8 Å². The number of halogens is 1. The molecule has 0 saturated carbocycles. The van der Waals surface area contributed by atoms with Gasteiger partial charge in [-0.2, -0.15) is 0 Å². The first-order valence-corrected chi connectivity index (χ1v) is 8.44. The van der Waals surface area contributed by atoms with Crippen LogP contribution in [-0.2, 0) is 6.42 Å². The van der Waals surface area contributed by atoms with Crippen LogP contribution in [0.2, 0.25) is 0 Å². The smallest absolute Gasteiger partial charge is 0.195 e. The summed E-state index contributed by atoms with van der Waals surface area (Å²) < 4.78 is 16.0. The lowest BCUT2D eigenvalue weighted by atomic mass is 10.1. The lowest BCUT2D eigenvalue weighted by Crippen LogP contribution is -2.32. The molecule has 27 heavy (non-hydrogen) atoms. The summed E-state index contributed by atoms with van der Waals surface area (Å²) >= 11 is 0. The first-order chi connectivity index (χ1) is 12.6. The summed E-state index contributed by atoms with van der Waals surface area (Å²) in [6, 6.07) is 11.9. The van der Waals surface area contributed by atoms with Gasteiger partial charge in [0.2, 0.25) is 0 Å². The van der Waals surface area contributed by atoms with E-state index in [0.717, 1.165) is 30.0 Å². The van der Waals surface area contributed by atoms with Crippen LogP contribution in [0, 0.1) is 6.92 Å². The zero-order chi connectivity index (χ0) is 18.9. The number of hydrogen-bond acceptors (Lipinski definition) is 4. The predicted molar refractivity (Wildman–Crippen MR) is 121 cm³/mol. The Morgan fingerprint density at radius 2 is 1.63 bits per heavy atom. The number of guanidine groups is 1. The Balaban J connectivity index is 0.00000364. The van der Waals surface area contributed by atoms with Crippen LogP contribution in [0.4, 0.5) is 5.69 Å². The number of aliphatic imine (C=N–C) groups is 1. The number of hydrogen-bond donors (Lipinski definition) is 2. The molecule has 0 aliphatic carbocycles. The third-order valence-electron chi connectivity index (χ3n) is 4.05. The van der Waals surface area contributed by atoms with Crippen molar-refractivity contribution >= 4 is 35.6 Å². The highest BCUT2D eigenvalue weighted by Gasteiger charge is 2.06. The maximum Gasteiger partial charge on any atom is 0.195 e. The molecular weight excluding hydrogens is 457 g/mol. The van der Waals surface area contributed by atoms with Gasteiger partial charge in [0, 0.05) is 25.3 Å². The standard InChI is InChI=1S/C20H27N3O3.HI/c1-14-6-7-15(12-18(14)25-4)10-11-22-20(21-2)23-16-8-9-17(24-3)19(13-16)26-5;/h6-9,12-13H,10-11H2,1-5H3,(H2,21,22,23);1H. The van der Waals surface area contributed by atoms with Gasteiger partial charge in [-0.1, -0.05) is 12.1 Å². The number of methoxy groups -OCH3 is 3. The van der Waals surface area contributed by atoms with Gasteiger partial charge in [-0.25, -0.2) is 0 Å². The molecule has 0 saturated heterocycles. The van der Waals surface area contributed by atoms with E-state index in [0.29, 0.717) is 17.5 Å². The Morgan fingerprint density at radius 3 is 2.26 bits per heavy atom. The molecule has 0 aliphatic heterocycles. The van der Waals surface area contributed by atoms with Crippen LogP contribution in [0.25, 0.3) is 0 Å². The fourth-order valence-corrected chi connectivity index (χ4v) is 2.58. The lowest BCUT2D eigenvalue weighted by molar-refractivity contribution is 0.355. The first-order valence-electron chi connectivity index (χ1n) is 8.44. The van der Waals surface area contributed by atoms with Crippen molar-refractivity contribution in [2.24, 2.45) is 4.99 Å². The third-order valence-corrected chi connectivity index (χ3v) is 4.05. The summed E-state index contributed by atoms with van der Waals surface area (Å²) in [6.45, 7) is 2.79. The predicted octanol–water partition coefficient (Wildman–Crippen LogP) is 3.87. The number of rotatable bonds is 7. The monoisotopic (exact) mass is 485 g/mol. The molecule has 2 aromatic carbocycles. The molecule has 148 valence electrons. The molecule has 0 radical (unpaired) electrons. The van der Waals surface area contributed by atoms with E-state index in [1.807, 2.05) is 25.1 Å². The number of nitrogens with zero attached hydrogens (tertiary/aromatic N) is 1. The molecule has 0 fully saturated rings. The zero-order valence-corrected chi connectivity index (χ0v) is 18.8. The highest BCUT2D eigenvalue weighted by atomic mass is 127. The van der Waals surface area contributed by atoms with Crippen LogP contribution >= 0.6 is 24.0 Å². The number of aryl methyl sites for hydroxylation is 1. The second-order valence-corrected chi connectivity index (χ2v) is 5.75. The number of nitrogens with one attached hydrogen (secondary N) is 2. The van der Waals surface area contributed by atoms with Crippen molar-refractivity contribution in [2.45, 2.75) is 13.3 Å². The van der Waals surface area contributed by atoms with Gasteiger partial charge >= 0.3 is 0 Å². The molecule has 0 unspecified atom stereocenters. The molecule has 0 aromatic heterocycles. The van der Waals surface area contributed by atoms with Crippen molar-refractivity contribution in [1.29, 1.82) is 0 Å². The summed E-state index contributed by atoms with van der Waals surface area (Å²) in [6.07, 6.45) is 0.864. The molecule has 7 heteroatoms. The molecule has 0 aliphatic rings. The topological polar surface area (TPSA) is 64.1 Å². The fraction of sp³-hybridized carbons (Fsp3) is 0.350. The van der Waals surface area contributed by atoms with Gasteiger partial charge in [0.1, 0.15) is 5.75 Å². The fourth-order valence-electron chi connectivity index (χ4n) is 2.58. The van der Waals surface area contributed by atoms with Crippen molar-refractivity contribution in [3.05, 3.63) is 47.5 Å². The quantitative estimate of drug-likeness (QED) is 0.354. The minimum atomic E-state index is 0. The minimum absolute atomic E-state index is 0. The van der Waals surface area contributed by atoms with Crippen LogP contribution in [0.5, 0.6) is 17.2 Å². The van der Waals surface area contributed by atoms with Gasteiger partial charge in [-0.15, -0.1) is 24.0 Å². The molecule has 2 rings (SSSR count). The van der Waals surface area contributed by atoms with E-state index >= 15 is 0 Å². The van der Waals surface area contributed by atoms with Gasteiger partial charge < -0.3 is 24.8 Å². The average molecular weight is 485 g/mol. The molecular formula is C20H28IN3O3. The van der Waals surface area contributed by atoms with E-state index in [9.17, 15) is 0 Å². The number of benzene rings is 2. The normalized spacial score (nSPS) is 10.6. The van der Waals surface area contributed by atoms with E-state index in [1.165, 1.54) is 5.56 Å². The summed E-state index contributed by atoms with van der Waals surface area (Å²) in [5.74, 6) is 2.96. The molecule has 0 heterocycles. The van der Waals surface area contributed by atoms with E-state index in [-0.39, 0.29) is 24.0 Å². The zero-order valence-electron chi connectivity index (χ0n) is 16.5. The molecule has 0 amide bonds. The van der Waals surface area contributed by atoms with Gasteiger partial charge in [0.15, 0.2) is 17.5 Å². The van der Waals surface area contributed by atoms with Crippen LogP contribution in [0.1, 0.15) is 11.1 Å². The van der Waals surface area contributed by atoms with Crippen molar-refractivity contribution in [3.63, 3.8) is 0 Å². The molecule has 0 atom stereocenters. The minimum Gasteiger partial charge on any atom is -0.496 e. The highest BCUT2D eigenvalue weighted by Crippen LogP contribution is 2.29. The Labute approximate surface area is 178 Å². The number of anilines is 1. The molecule has 2 aromatic rings. The van der Waals surface area contributed by atoms with Gasteiger partial charge in [0.25, 0.3) is 0 Å². The van der Waals surface area contributed by atoms with Gasteiger partial charge in [-0.3, -0.25) is 4.99 Å². The summed E-state index contributed by atoms with van der Waals surface area (Å²) in [4.78, 5) is 4.26. The van der Waals surface area contributed by atoms with Crippen LogP contribution in [0.15, 0.2) is 41.4 Å². The SMILES string of the molecule is CN=C(NCCc1ccc(C)c(OC)c1)Nc1ccc(OC)c(OC)c1.I. The highest BCUT2D eigenvalue weighted by molar-refractivity contribution is 14.0. The second kappa shape index (κ2) is 11.5. The Kier molecular flexibility index (Phi) is 9.77. The van der Waals surface area contributed by atoms with E-state index in [4.69, 9.17) is 14.2 Å². The van der Waals surface area contributed by atoms with Gasteiger partial charge in [-0.05, 0) is 42.7 Å². The van der Waals surface area contributed by atoms with Gasteiger partial charge in [0.05, 0.1) is 21.3 Å². The van der Waals surface area contributed by atoms with Crippen molar-refractivity contribution < 1.29 is 14.2 Å². The largest absolute Gasteiger partial charge is 0.496 e.